The summed E-state index contributed by atoms with van der Waals surface area (Å²) in [5.74, 6) is 0. The number of carbonyl (C=O) groups excluding carboxylic acids is 1. The monoisotopic (exact) mass is 158 g/mol. The summed E-state index contributed by atoms with van der Waals surface area (Å²) in [5.41, 5.74) is 0. The van der Waals surface area contributed by atoms with Gasteiger partial charge in [-0.25, -0.2) is 21.8 Å². The van der Waals surface area contributed by atoms with Crippen LogP contribution in [-0.4, -0.2) is 29.5 Å². The van der Waals surface area contributed by atoms with Gasteiger partial charge in [0.05, 0.1) is 0 Å². The Balaban J connectivity index is 3.65. The van der Waals surface area contributed by atoms with Crippen molar-refractivity contribution in [2.24, 2.45) is 0 Å². The van der Waals surface area contributed by atoms with Crippen LogP contribution in [-0.2, 0) is 0 Å². The minimum Gasteiger partial charge on any atom is -0.282 e. The Morgan fingerprint density at radius 3 is 1.25 bits per heavy atom. The molecule has 3 heteroatoms. The molecule has 1 nitrogen and oxygen atoms in total. The predicted molar refractivity (Wildman–Crippen MR) is 52.6 cm³/mol. The molecule has 0 aliphatic rings. The number of rotatable bonds is 0. The van der Waals surface area contributed by atoms with Crippen LogP contribution in [0.15, 0.2) is 0 Å². The van der Waals surface area contributed by atoms with E-state index < -0.39 is 21.8 Å². The molecule has 0 unspecified atom stereocenters. The van der Waals surface area contributed by atoms with Crippen molar-refractivity contribution in [1.82, 2.24) is 0 Å². The van der Waals surface area contributed by atoms with Gasteiger partial charge in [0, 0.05) is 0 Å². The van der Waals surface area contributed by atoms with Crippen molar-refractivity contribution in [3.63, 3.8) is 0 Å². The second-order valence-electron chi connectivity index (χ2n) is 2.71. The zero-order valence-electron chi connectivity index (χ0n) is 6.06. The van der Waals surface area contributed by atoms with Crippen LogP contribution in [0.1, 0.15) is 0 Å². The van der Waals surface area contributed by atoms with Gasteiger partial charge in [0.25, 0.3) is 0 Å². The van der Waals surface area contributed by atoms with Gasteiger partial charge in [-0.1, -0.05) is 0 Å². The fourth-order valence-corrected chi connectivity index (χ4v) is 6.00. The molecule has 0 radical (unpaired) electrons. The molecule has 8 heavy (non-hydrogen) atoms. The van der Waals surface area contributed by atoms with E-state index in [-0.39, 0.29) is 0 Å². The van der Waals surface area contributed by atoms with Crippen LogP contribution in [0.4, 0.5) is 4.79 Å². The molecule has 0 bridgehead atoms. The largest absolute Gasteiger partial charge is 0.282 e. The highest BCUT2D eigenvalue weighted by Gasteiger charge is 1.99. The van der Waals surface area contributed by atoms with Crippen molar-refractivity contribution in [2.45, 2.75) is 0 Å². The van der Waals surface area contributed by atoms with Crippen molar-refractivity contribution in [3.8, 4) is 0 Å². The van der Waals surface area contributed by atoms with E-state index in [1.807, 2.05) is 0 Å². The lowest BCUT2D eigenvalue weighted by molar-refractivity contribution is 0.276. The van der Waals surface area contributed by atoms with Crippen LogP contribution in [0.3, 0.4) is 0 Å². The van der Waals surface area contributed by atoms with Crippen LogP contribution in [0.25, 0.3) is 0 Å². The van der Waals surface area contributed by atoms with E-state index in [1.165, 1.54) is 0 Å². The van der Waals surface area contributed by atoms with Gasteiger partial charge in [-0.05, 0) is 25.0 Å². The Kier molecular flexibility index (Phi) is 3.56. The normalized spacial score (nSPS) is 13.0. The van der Waals surface area contributed by atoms with Gasteiger partial charge in [0.15, 0.2) is 4.45 Å². The quantitative estimate of drug-likeness (QED) is 0.503. The molecule has 0 aliphatic carbocycles. The molecular weight excluding hydrogens is 140 g/mol. The Morgan fingerprint density at radius 2 is 1.25 bits per heavy atom. The van der Waals surface area contributed by atoms with Crippen LogP contribution >= 0.6 is 21.8 Å². The highest BCUT2D eigenvalue weighted by molar-refractivity contribution is 8.52. The fourth-order valence-electron chi connectivity index (χ4n) is 0.667. The van der Waals surface area contributed by atoms with Crippen LogP contribution in [0, 0.1) is 0 Å². The molecule has 0 saturated carbocycles. The molecule has 0 aromatic heterocycles. The average molecular weight is 158 g/mol. The zero-order valence-corrected chi connectivity index (χ0v) is 8.37. The molecule has 0 aromatic rings. The highest BCUT2D eigenvalue weighted by Crippen LogP contribution is 2.31. The fraction of sp³-hybridized carbons (Fsp3) is 0.800. The molecule has 0 saturated heterocycles. The van der Waals surface area contributed by atoms with Crippen molar-refractivity contribution < 1.29 is 4.79 Å². The summed E-state index contributed by atoms with van der Waals surface area (Å²) < 4.78 is 0.630. The number of hydrogen-bond donors (Lipinski definition) is 0. The molecule has 0 amide bonds. The Labute approximate surface area is 56.5 Å². The maximum Gasteiger partial charge on any atom is 0.173 e. The first kappa shape index (κ1) is 8.37. The predicted octanol–water partition coefficient (Wildman–Crippen LogP) is 0.557. The Bertz CT molecular complexity index is 78.4. The van der Waals surface area contributed by atoms with Crippen molar-refractivity contribution in [3.05, 3.63) is 0 Å². The summed E-state index contributed by atoms with van der Waals surface area (Å²) in [6.07, 6.45) is 8.43. The van der Waals surface area contributed by atoms with Crippen molar-refractivity contribution >= 4 is 26.2 Å². The lowest BCUT2D eigenvalue weighted by Crippen LogP contribution is -1.92. The lowest BCUT2D eigenvalue weighted by atomic mass is 11.7. The molecule has 0 aliphatic heterocycles. The van der Waals surface area contributed by atoms with E-state index in [4.69, 9.17) is 0 Å². The van der Waals surface area contributed by atoms with E-state index in [9.17, 15) is 4.79 Å². The molecule has 0 fully saturated rings. The van der Waals surface area contributed by atoms with Crippen LogP contribution in [0.5, 0.6) is 0 Å². The Morgan fingerprint density at radius 1 is 1.00 bits per heavy atom. The van der Waals surface area contributed by atoms with Gasteiger partial charge in [-0.2, -0.15) is 0 Å². The number of hydrogen-bond acceptors (Lipinski definition) is 1. The summed E-state index contributed by atoms with van der Waals surface area (Å²) in [6, 6.07) is 0. The summed E-state index contributed by atoms with van der Waals surface area (Å²) in [6.45, 7) is 0. The molecule has 0 heterocycles. The first-order chi connectivity index (χ1) is 3.55. The topological polar surface area (TPSA) is 17.1 Å². The zero-order chi connectivity index (χ0) is 6.73. The summed E-state index contributed by atoms with van der Waals surface area (Å²) in [4.78, 5) is 11.0. The summed E-state index contributed by atoms with van der Waals surface area (Å²) in [5, 5.41) is 0. The van der Waals surface area contributed by atoms with Gasteiger partial charge in [0.2, 0.25) is 0 Å². The van der Waals surface area contributed by atoms with Crippen LogP contribution < -0.4 is 0 Å². The standard InChI is InChI=1S/C5H18OS2/c1-7(2)5(6)8(3)4/h1-4,7-8H3. The third-order valence-electron chi connectivity index (χ3n) is 1.14. The maximum atomic E-state index is 11.0. The third-order valence-corrected chi connectivity index (χ3v) is 7.41. The average Bonchev–Trinajstić information content (AvgIpc) is 1.64. The van der Waals surface area contributed by atoms with Gasteiger partial charge < -0.3 is 0 Å². The lowest BCUT2D eigenvalue weighted by Gasteiger charge is -2.16. The molecule has 0 N–H and O–H groups in total. The van der Waals surface area contributed by atoms with Gasteiger partial charge in [-0.15, -0.1) is 0 Å². The van der Waals surface area contributed by atoms with E-state index in [2.05, 4.69) is 25.0 Å². The molecule has 56 valence electrons. The van der Waals surface area contributed by atoms with Gasteiger partial charge in [-0.3, -0.25) is 4.79 Å². The second kappa shape index (κ2) is 3.41. The highest BCUT2D eigenvalue weighted by atomic mass is 32.3. The van der Waals surface area contributed by atoms with Crippen LogP contribution in [0.2, 0.25) is 0 Å². The SMILES string of the molecule is C[SH3](C)C(=O)[SH3](C)C. The minimum absolute atomic E-state index is 0.630. The van der Waals surface area contributed by atoms with Crippen molar-refractivity contribution in [2.75, 3.05) is 25.0 Å². The summed E-state index contributed by atoms with van der Waals surface area (Å²) in [7, 11) is -1.80. The van der Waals surface area contributed by atoms with Gasteiger partial charge >= 0.3 is 0 Å². The van der Waals surface area contributed by atoms with Gasteiger partial charge in [0.1, 0.15) is 0 Å². The Hall–Kier alpha value is 0.370. The molecule has 0 spiro atoms. The summed E-state index contributed by atoms with van der Waals surface area (Å²) >= 11 is 0. The van der Waals surface area contributed by atoms with Crippen molar-refractivity contribution in [1.29, 1.82) is 0 Å². The van der Waals surface area contributed by atoms with E-state index in [1.54, 1.807) is 0 Å². The first-order valence-electron chi connectivity index (χ1n) is 3.09. The maximum absolute atomic E-state index is 11.0. The molecule has 0 aromatic carbocycles. The van der Waals surface area contributed by atoms with E-state index >= 15 is 0 Å². The number of carbonyl (C=O) groups is 1. The molecule has 0 atom stereocenters. The molecular formula is C5H18OS2. The smallest absolute Gasteiger partial charge is 0.173 e. The van der Waals surface area contributed by atoms with E-state index in [0.29, 0.717) is 4.45 Å². The minimum atomic E-state index is -0.900. The molecule has 0 rings (SSSR count). The first-order valence-corrected chi connectivity index (χ1v) is 8.86. The third kappa shape index (κ3) is 2.62. The van der Waals surface area contributed by atoms with E-state index in [0.717, 1.165) is 0 Å². The second-order valence-corrected chi connectivity index (χ2v) is 9.14.